The van der Waals surface area contributed by atoms with Gasteiger partial charge in [0, 0.05) is 12.4 Å². The van der Waals surface area contributed by atoms with Crippen molar-refractivity contribution < 1.29 is 4.79 Å². The molecule has 1 amide bonds. The Morgan fingerprint density at radius 2 is 1.76 bits per heavy atom. The molecule has 17 heavy (non-hydrogen) atoms. The number of carbonyl (C=O) groups is 1. The zero-order valence-electron chi connectivity index (χ0n) is 10.9. The van der Waals surface area contributed by atoms with Crippen LogP contribution in [0.4, 0.5) is 0 Å². The predicted octanol–water partition coefficient (Wildman–Crippen LogP) is 0.562. The molecule has 5 heteroatoms. The molecule has 0 aliphatic carbocycles. The fourth-order valence-corrected chi connectivity index (χ4v) is 1.53. The molecule has 0 N–H and O–H groups in total. The largest absolute Gasteiger partial charge is 0.313 e. The molecule has 0 radical (unpaired) electrons. The number of hydrogen-bond donors (Lipinski definition) is 0. The molecule has 0 bridgehead atoms. The van der Waals surface area contributed by atoms with Gasteiger partial charge in [-0.15, -0.1) is 0 Å². The summed E-state index contributed by atoms with van der Waals surface area (Å²) >= 11 is 0. The van der Waals surface area contributed by atoms with E-state index in [-0.39, 0.29) is 5.91 Å². The summed E-state index contributed by atoms with van der Waals surface area (Å²) in [5, 5.41) is 0. The van der Waals surface area contributed by atoms with Gasteiger partial charge >= 0.3 is 0 Å². The Balaban J connectivity index is 2.79. The number of amides is 1. The first-order chi connectivity index (χ1) is 8.00. The second-order valence-electron chi connectivity index (χ2n) is 4.53. The fraction of sp³-hybridized carbons (Fsp3) is 0.500. The van der Waals surface area contributed by atoms with Gasteiger partial charge in [-0.1, -0.05) is 0 Å². The Morgan fingerprint density at radius 1 is 1.18 bits per heavy atom. The summed E-state index contributed by atoms with van der Waals surface area (Å²) in [7, 11) is 7.77. The summed E-state index contributed by atoms with van der Waals surface area (Å²) in [6, 6.07) is 3.56. The van der Waals surface area contributed by atoms with Crippen LogP contribution in [0.2, 0.25) is 0 Å². The summed E-state index contributed by atoms with van der Waals surface area (Å²) in [5.74, 6) is 0.000463. The highest BCUT2D eigenvalue weighted by Gasteiger charge is 2.16. The van der Waals surface area contributed by atoms with Crippen molar-refractivity contribution in [2.75, 3.05) is 41.5 Å². The summed E-state index contributed by atoms with van der Waals surface area (Å²) in [6.45, 7) is 1.18. The van der Waals surface area contributed by atoms with Crippen LogP contribution in [0, 0.1) is 0 Å². The van der Waals surface area contributed by atoms with Crippen LogP contribution in [-0.4, -0.2) is 67.1 Å². The molecule has 0 aliphatic heterocycles. The molecule has 1 aromatic rings. The van der Waals surface area contributed by atoms with Crippen molar-refractivity contribution in [3.05, 3.63) is 30.1 Å². The van der Waals surface area contributed by atoms with Gasteiger partial charge in [-0.25, -0.2) is 0 Å². The molecule has 0 atom stereocenters. The first kappa shape index (κ1) is 13.6. The van der Waals surface area contributed by atoms with E-state index < -0.39 is 0 Å². The topological polar surface area (TPSA) is 39.7 Å². The molecule has 0 aliphatic rings. The maximum atomic E-state index is 12.2. The quantitative estimate of drug-likeness (QED) is 0.700. The van der Waals surface area contributed by atoms with Gasteiger partial charge in [-0.05, 0) is 40.3 Å². The van der Waals surface area contributed by atoms with E-state index in [0.717, 1.165) is 0 Å². The SMILES string of the molecule is CN(C)CN(CN(C)C)C(=O)c1cccnc1. The van der Waals surface area contributed by atoms with Gasteiger partial charge in [0.15, 0.2) is 0 Å². The van der Waals surface area contributed by atoms with Crippen molar-refractivity contribution in [1.29, 1.82) is 0 Å². The first-order valence-corrected chi connectivity index (χ1v) is 5.49. The van der Waals surface area contributed by atoms with Crippen LogP contribution in [0.15, 0.2) is 24.5 Å². The van der Waals surface area contributed by atoms with Crippen molar-refractivity contribution in [3.8, 4) is 0 Å². The third-order valence-corrected chi connectivity index (χ3v) is 2.10. The smallest absolute Gasteiger partial charge is 0.257 e. The number of pyridine rings is 1. The lowest BCUT2D eigenvalue weighted by molar-refractivity contribution is 0.0570. The molecule has 0 saturated carbocycles. The molecule has 94 valence electrons. The minimum atomic E-state index is 0.000463. The molecule has 0 saturated heterocycles. The molecule has 0 unspecified atom stereocenters. The lowest BCUT2D eigenvalue weighted by atomic mass is 10.2. The van der Waals surface area contributed by atoms with E-state index in [1.165, 1.54) is 0 Å². The lowest BCUT2D eigenvalue weighted by Gasteiger charge is -2.28. The third-order valence-electron chi connectivity index (χ3n) is 2.10. The molecular weight excluding hydrogens is 216 g/mol. The number of aromatic nitrogens is 1. The third kappa shape index (κ3) is 4.50. The first-order valence-electron chi connectivity index (χ1n) is 5.49. The number of rotatable bonds is 5. The van der Waals surface area contributed by atoms with Gasteiger partial charge < -0.3 is 4.90 Å². The highest BCUT2D eigenvalue weighted by Crippen LogP contribution is 2.04. The standard InChI is InChI=1S/C12H20N4O/c1-14(2)9-16(10-15(3)4)12(17)11-6-5-7-13-8-11/h5-8H,9-10H2,1-4H3. The van der Waals surface area contributed by atoms with Crippen LogP contribution >= 0.6 is 0 Å². The minimum Gasteiger partial charge on any atom is -0.313 e. The Bertz CT molecular complexity index is 341. The highest BCUT2D eigenvalue weighted by molar-refractivity contribution is 5.93. The van der Waals surface area contributed by atoms with E-state index in [1.807, 2.05) is 38.0 Å². The normalized spacial score (nSPS) is 10.9. The van der Waals surface area contributed by atoms with Crippen LogP contribution in [0.1, 0.15) is 10.4 Å². The monoisotopic (exact) mass is 236 g/mol. The fourth-order valence-electron chi connectivity index (χ4n) is 1.53. The zero-order chi connectivity index (χ0) is 12.8. The van der Waals surface area contributed by atoms with Crippen molar-refractivity contribution in [1.82, 2.24) is 19.7 Å². The number of hydrogen-bond acceptors (Lipinski definition) is 4. The van der Waals surface area contributed by atoms with E-state index in [2.05, 4.69) is 4.98 Å². The Morgan fingerprint density at radius 3 is 2.18 bits per heavy atom. The van der Waals surface area contributed by atoms with Gasteiger partial charge in [0.05, 0.1) is 18.9 Å². The van der Waals surface area contributed by atoms with Crippen molar-refractivity contribution >= 4 is 5.91 Å². The maximum absolute atomic E-state index is 12.2. The molecular formula is C12H20N4O. The van der Waals surface area contributed by atoms with Crippen LogP contribution in [0.25, 0.3) is 0 Å². The van der Waals surface area contributed by atoms with Crippen molar-refractivity contribution in [2.45, 2.75) is 0 Å². The van der Waals surface area contributed by atoms with Crippen LogP contribution in [-0.2, 0) is 0 Å². The molecule has 0 spiro atoms. The molecule has 1 aromatic heterocycles. The molecule has 1 heterocycles. The van der Waals surface area contributed by atoms with E-state index in [0.29, 0.717) is 18.9 Å². The van der Waals surface area contributed by atoms with E-state index in [9.17, 15) is 4.79 Å². The van der Waals surface area contributed by atoms with Gasteiger partial charge in [0.2, 0.25) is 0 Å². The number of nitrogens with zero attached hydrogens (tertiary/aromatic N) is 4. The van der Waals surface area contributed by atoms with Crippen LogP contribution in [0.5, 0.6) is 0 Å². The molecule has 1 rings (SSSR count). The Labute approximate surface area is 103 Å². The van der Waals surface area contributed by atoms with Gasteiger partial charge in [0.1, 0.15) is 0 Å². The zero-order valence-corrected chi connectivity index (χ0v) is 10.9. The van der Waals surface area contributed by atoms with Gasteiger partial charge in [0.25, 0.3) is 5.91 Å². The molecule has 0 aromatic carbocycles. The summed E-state index contributed by atoms with van der Waals surface area (Å²) in [4.78, 5) is 21.9. The second kappa shape index (κ2) is 6.32. The van der Waals surface area contributed by atoms with Gasteiger partial charge in [-0.3, -0.25) is 19.6 Å². The van der Waals surface area contributed by atoms with Gasteiger partial charge in [-0.2, -0.15) is 0 Å². The molecule has 0 fully saturated rings. The van der Waals surface area contributed by atoms with E-state index >= 15 is 0 Å². The summed E-state index contributed by atoms with van der Waals surface area (Å²) in [6.07, 6.45) is 3.26. The molecule has 5 nitrogen and oxygen atoms in total. The van der Waals surface area contributed by atoms with E-state index in [4.69, 9.17) is 0 Å². The van der Waals surface area contributed by atoms with Crippen LogP contribution in [0.3, 0.4) is 0 Å². The van der Waals surface area contributed by atoms with Crippen molar-refractivity contribution in [2.24, 2.45) is 0 Å². The minimum absolute atomic E-state index is 0.000463. The average Bonchev–Trinajstić information content (AvgIpc) is 2.27. The van der Waals surface area contributed by atoms with E-state index in [1.54, 1.807) is 29.4 Å². The number of carbonyl (C=O) groups excluding carboxylic acids is 1. The second-order valence-corrected chi connectivity index (χ2v) is 4.53. The maximum Gasteiger partial charge on any atom is 0.257 e. The summed E-state index contributed by atoms with van der Waals surface area (Å²) in [5.41, 5.74) is 0.621. The average molecular weight is 236 g/mol. The van der Waals surface area contributed by atoms with Crippen LogP contribution < -0.4 is 0 Å². The predicted molar refractivity (Wildman–Crippen MR) is 67.5 cm³/mol. The highest BCUT2D eigenvalue weighted by atomic mass is 16.2. The Kier molecular flexibility index (Phi) is 5.06. The lowest BCUT2D eigenvalue weighted by Crippen LogP contribution is -2.43. The Hall–Kier alpha value is -1.46. The van der Waals surface area contributed by atoms with Crippen molar-refractivity contribution in [3.63, 3.8) is 0 Å². The summed E-state index contributed by atoms with van der Waals surface area (Å²) < 4.78 is 0.